The minimum atomic E-state index is -0.762. The van der Waals surface area contributed by atoms with Crippen LogP contribution in [0.2, 0.25) is 0 Å². The molecule has 0 bridgehead atoms. The molecule has 0 fully saturated rings. The van der Waals surface area contributed by atoms with Gasteiger partial charge in [0.2, 0.25) is 0 Å². The van der Waals surface area contributed by atoms with Crippen molar-refractivity contribution in [2.24, 2.45) is 11.7 Å². The van der Waals surface area contributed by atoms with E-state index in [1.807, 2.05) is 13.8 Å². The molecule has 3 atom stereocenters. The second-order valence-corrected chi connectivity index (χ2v) is 4.27. The van der Waals surface area contributed by atoms with Gasteiger partial charge >= 0.3 is 0 Å². The van der Waals surface area contributed by atoms with Gasteiger partial charge < -0.3 is 15.6 Å². The van der Waals surface area contributed by atoms with Crippen molar-refractivity contribution in [1.82, 2.24) is 0 Å². The van der Waals surface area contributed by atoms with Gasteiger partial charge in [0.15, 0.2) is 11.6 Å². The van der Waals surface area contributed by atoms with Crippen molar-refractivity contribution in [3.8, 4) is 5.75 Å². The zero-order chi connectivity index (χ0) is 13.0. The molecule has 0 aliphatic carbocycles. The summed E-state index contributed by atoms with van der Waals surface area (Å²) in [5.74, 6) is -0.324. The Hall–Kier alpha value is -1.13. The third-order valence-corrected chi connectivity index (χ3v) is 3.17. The first-order valence-electron chi connectivity index (χ1n) is 5.78. The highest BCUT2D eigenvalue weighted by molar-refractivity contribution is 5.33. The van der Waals surface area contributed by atoms with Gasteiger partial charge in [-0.15, -0.1) is 0 Å². The molecule has 0 aromatic heterocycles. The fraction of sp³-hybridized carbons (Fsp3) is 0.538. The topological polar surface area (TPSA) is 55.5 Å². The zero-order valence-electron chi connectivity index (χ0n) is 10.5. The van der Waals surface area contributed by atoms with Crippen LogP contribution >= 0.6 is 0 Å². The van der Waals surface area contributed by atoms with Crippen LogP contribution in [0.3, 0.4) is 0 Å². The predicted molar refractivity (Wildman–Crippen MR) is 65.3 cm³/mol. The molecule has 96 valence electrons. The lowest BCUT2D eigenvalue weighted by molar-refractivity contribution is 0.0866. The van der Waals surface area contributed by atoms with Crippen molar-refractivity contribution in [1.29, 1.82) is 0 Å². The maximum absolute atomic E-state index is 13.9. The van der Waals surface area contributed by atoms with Crippen LogP contribution in [0.4, 0.5) is 4.39 Å². The van der Waals surface area contributed by atoms with Crippen LogP contribution in [0.1, 0.15) is 31.9 Å². The maximum Gasteiger partial charge on any atom is 0.169 e. The molecule has 0 saturated heterocycles. The van der Waals surface area contributed by atoms with E-state index in [1.54, 1.807) is 12.1 Å². The number of aliphatic hydroxyl groups is 1. The Morgan fingerprint density at radius 1 is 1.47 bits per heavy atom. The molecule has 0 heterocycles. The van der Waals surface area contributed by atoms with Crippen molar-refractivity contribution in [3.05, 3.63) is 29.6 Å². The minimum absolute atomic E-state index is 0.0237. The molecule has 3 N–H and O–H groups in total. The number of rotatable bonds is 5. The molecular formula is C13H20FNO2. The van der Waals surface area contributed by atoms with E-state index in [4.69, 9.17) is 10.5 Å². The third-order valence-electron chi connectivity index (χ3n) is 3.17. The standard InChI is InChI=1S/C13H20FNO2/c1-4-8(2)13(16)12(15)9-6-5-7-10(17-3)11(9)14/h5-8,12-13,16H,4,15H2,1-3H3/t8?,12-,13+/m0/s1. The molecule has 1 aromatic rings. The quantitative estimate of drug-likeness (QED) is 0.831. The molecule has 0 saturated carbocycles. The van der Waals surface area contributed by atoms with Crippen molar-refractivity contribution in [2.45, 2.75) is 32.4 Å². The molecule has 0 amide bonds. The Morgan fingerprint density at radius 3 is 2.65 bits per heavy atom. The summed E-state index contributed by atoms with van der Waals surface area (Å²) in [6.45, 7) is 3.85. The Labute approximate surface area is 101 Å². The first kappa shape index (κ1) is 13.9. The van der Waals surface area contributed by atoms with Gasteiger partial charge in [0.05, 0.1) is 19.3 Å². The van der Waals surface area contributed by atoms with E-state index in [9.17, 15) is 9.50 Å². The molecule has 17 heavy (non-hydrogen) atoms. The summed E-state index contributed by atoms with van der Waals surface area (Å²) in [6.07, 6.45) is 0.0297. The fourth-order valence-electron chi connectivity index (χ4n) is 1.72. The van der Waals surface area contributed by atoms with Crippen LogP contribution in [-0.2, 0) is 0 Å². The second-order valence-electron chi connectivity index (χ2n) is 4.27. The second kappa shape index (κ2) is 5.98. The number of ether oxygens (including phenoxy) is 1. The average molecular weight is 241 g/mol. The van der Waals surface area contributed by atoms with Crippen molar-refractivity contribution in [3.63, 3.8) is 0 Å². The maximum atomic E-state index is 13.9. The van der Waals surface area contributed by atoms with E-state index < -0.39 is 18.0 Å². The minimum Gasteiger partial charge on any atom is -0.494 e. The molecule has 0 spiro atoms. The number of hydrogen-bond acceptors (Lipinski definition) is 3. The van der Waals surface area contributed by atoms with Crippen LogP contribution in [0.5, 0.6) is 5.75 Å². The molecule has 1 aromatic carbocycles. The lowest BCUT2D eigenvalue weighted by atomic mass is 9.91. The molecule has 0 aliphatic rings. The third kappa shape index (κ3) is 2.96. The van der Waals surface area contributed by atoms with Gasteiger partial charge in [-0.3, -0.25) is 0 Å². The number of halogens is 1. The SMILES string of the molecule is CCC(C)[C@@H](O)[C@@H](N)c1cccc(OC)c1F. The summed E-state index contributed by atoms with van der Waals surface area (Å²) in [5, 5.41) is 10.00. The number of methoxy groups -OCH3 is 1. The summed E-state index contributed by atoms with van der Waals surface area (Å²) in [5.41, 5.74) is 6.18. The summed E-state index contributed by atoms with van der Waals surface area (Å²) in [7, 11) is 1.40. The molecule has 4 heteroatoms. The van der Waals surface area contributed by atoms with E-state index in [-0.39, 0.29) is 17.2 Å². The summed E-state index contributed by atoms with van der Waals surface area (Å²) in [6, 6.07) is 4.04. The number of aliphatic hydroxyl groups excluding tert-OH is 1. The van der Waals surface area contributed by atoms with Crippen LogP contribution in [0.15, 0.2) is 18.2 Å². The molecule has 1 rings (SSSR count). The van der Waals surface area contributed by atoms with E-state index >= 15 is 0 Å². The van der Waals surface area contributed by atoms with Gasteiger partial charge in [-0.25, -0.2) is 4.39 Å². The smallest absolute Gasteiger partial charge is 0.169 e. The highest BCUT2D eigenvalue weighted by Crippen LogP contribution is 2.28. The van der Waals surface area contributed by atoms with E-state index in [0.29, 0.717) is 0 Å². The molecule has 3 nitrogen and oxygen atoms in total. The highest BCUT2D eigenvalue weighted by atomic mass is 19.1. The number of nitrogens with two attached hydrogens (primary N) is 1. The Bertz CT molecular complexity index is 370. The van der Waals surface area contributed by atoms with Crippen molar-refractivity contribution in [2.75, 3.05) is 7.11 Å². The van der Waals surface area contributed by atoms with Crippen molar-refractivity contribution < 1.29 is 14.2 Å². The first-order chi connectivity index (χ1) is 8.02. The lowest BCUT2D eigenvalue weighted by Gasteiger charge is -2.24. The van der Waals surface area contributed by atoms with E-state index in [2.05, 4.69) is 0 Å². The van der Waals surface area contributed by atoms with Gasteiger partial charge in [-0.2, -0.15) is 0 Å². The number of benzene rings is 1. The predicted octanol–water partition coefficient (Wildman–Crippen LogP) is 2.24. The van der Waals surface area contributed by atoms with E-state index in [0.717, 1.165) is 6.42 Å². The van der Waals surface area contributed by atoms with Gasteiger partial charge in [0.25, 0.3) is 0 Å². The Balaban J connectivity index is 2.99. The summed E-state index contributed by atoms with van der Waals surface area (Å²) >= 11 is 0. The van der Waals surface area contributed by atoms with Gasteiger partial charge in [-0.05, 0) is 12.0 Å². The average Bonchev–Trinajstić information content (AvgIpc) is 2.36. The van der Waals surface area contributed by atoms with Crippen LogP contribution in [0, 0.1) is 11.7 Å². The highest BCUT2D eigenvalue weighted by Gasteiger charge is 2.25. The van der Waals surface area contributed by atoms with Gasteiger partial charge in [-0.1, -0.05) is 32.4 Å². The largest absolute Gasteiger partial charge is 0.494 e. The molecule has 0 aliphatic heterocycles. The van der Waals surface area contributed by atoms with E-state index in [1.165, 1.54) is 13.2 Å². The Morgan fingerprint density at radius 2 is 2.12 bits per heavy atom. The summed E-state index contributed by atoms with van der Waals surface area (Å²) < 4.78 is 18.8. The monoisotopic (exact) mass is 241 g/mol. The molecule has 1 unspecified atom stereocenters. The van der Waals surface area contributed by atoms with Crippen LogP contribution < -0.4 is 10.5 Å². The Kier molecular flexibility index (Phi) is 4.90. The summed E-state index contributed by atoms with van der Waals surface area (Å²) in [4.78, 5) is 0. The first-order valence-corrected chi connectivity index (χ1v) is 5.78. The lowest BCUT2D eigenvalue weighted by Crippen LogP contribution is -2.32. The molecular weight excluding hydrogens is 221 g/mol. The zero-order valence-corrected chi connectivity index (χ0v) is 10.5. The fourth-order valence-corrected chi connectivity index (χ4v) is 1.72. The normalized spacial score (nSPS) is 16.4. The molecule has 0 radical (unpaired) electrons. The van der Waals surface area contributed by atoms with Gasteiger partial charge in [0.1, 0.15) is 0 Å². The van der Waals surface area contributed by atoms with Crippen LogP contribution in [0.25, 0.3) is 0 Å². The van der Waals surface area contributed by atoms with Gasteiger partial charge in [0, 0.05) is 5.56 Å². The number of hydrogen-bond donors (Lipinski definition) is 2. The van der Waals surface area contributed by atoms with Crippen LogP contribution in [-0.4, -0.2) is 18.3 Å². The van der Waals surface area contributed by atoms with Crippen molar-refractivity contribution >= 4 is 0 Å².